The molecule has 3 aromatic rings. The number of aromatic nitrogens is 3. The third kappa shape index (κ3) is 2.26. The van der Waals surface area contributed by atoms with Crippen LogP contribution < -0.4 is 4.74 Å². The number of ether oxygens (including phenoxy) is 1. The van der Waals surface area contributed by atoms with E-state index in [0.29, 0.717) is 17.2 Å². The molecule has 0 saturated carbocycles. The van der Waals surface area contributed by atoms with Gasteiger partial charge in [-0.1, -0.05) is 30.3 Å². The van der Waals surface area contributed by atoms with E-state index in [-0.39, 0.29) is 0 Å². The van der Waals surface area contributed by atoms with Crippen molar-refractivity contribution >= 4 is 23.0 Å². The number of H-pyrrole nitrogens is 2. The summed E-state index contributed by atoms with van der Waals surface area (Å²) in [7, 11) is 0. The minimum absolute atomic E-state index is 0.367. The highest BCUT2D eigenvalue weighted by atomic mass is 32.1. The van der Waals surface area contributed by atoms with E-state index in [9.17, 15) is 0 Å². The van der Waals surface area contributed by atoms with Crippen molar-refractivity contribution in [2.24, 2.45) is 0 Å². The quantitative estimate of drug-likeness (QED) is 0.708. The topological polar surface area (TPSA) is 53.7 Å². The van der Waals surface area contributed by atoms with Crippen LogP contribution in [0.3, 0.4) is 0 Å². The number of hydrogen-bond acceptors (Lipinski definition) is 3. The second-order valence-electron chi connectivity index (χ2n) is 3.91. The number of aromatic amines is 2. The normalized spacial score (nSPS) is 10.7. The predicted molar refractivity (Wildman–Crippen MR) is 72.1 cm³/mol. The molecule has 0 unspecified atom stereocenters. The van der Waals surface area contributed by atoms with Crippen molar-refractivity contribution in [3.8, 4) is 5.75 Å². The molecular formula is C13H11N3OS. The lowest BCUT2D eigenvalue weighted by Gasteiger charge is -2.05. The van der Waals surface area contributed by atoms with Crippen molar-refractivity contribution in [1.29, 1.82) is 0 Å². The summed E-state index contributed by atoms with van der Waals surface area (Å²) in [5, 5.41) is 7.94. The Kier molecular flexibility index (Phi) is 2.82. The Bertz CT molecular complexity index is 732. The fourth-order valence-electron chi connectivity index (χ4n) is 1.78. The number of benzene rings is 2. The van der Waals surface area contributed by atoms with Crippen molar-refractivity contribution in [2.45, 2.75) is 6.61 Å². The van der Waals surface area contributed by atoms with Gasteiger partial charge in [-0.3, -0.25) is 10.2 Å². The molecule has 0 fully saturated rings. The summed E-state index contributed by atoms with van der Waals surface area (Å²) in [4.78, 5) is 4.07. The molecule has 90 valence electrons. The van der Waals surface area contributed by atoms with Crippen LogP contribution in [0.15, 0.2) is 42.5 Å². The van der Waals surface area contributed by atoms with E-state index in [4.69, 9.17) is 17.0 Å². The molecule has 0 bridgehead atoms. The third-order valence-electron chi connectivity index (χ3n) is 2.65. The second-order valence-corrected chi connectivity index (χ2v) is 4.30. The summed E-state index contributed by atoms with van der Waals surface area (Å²) < 4.78 is 6.09. The molecule has 0 saturated heterocycles. The highest BCUT2D eigenvalue weighted by molar-refractivity contribution is 7.71. The molecule has 3 rings (SSSR count). The van der Waals surface area contributed by atoms with Crippen LogP contribution in [0.25, 0.3) is 10.8 Å². The van der Waals surface area contributed by atoms with Gasteiger partial charge >= 0.3 is 0 Å². The first kappa shape index (κ1) is 11.0. The van der Waals surface area contributed by atoms with Crippen LogP contribution in [0.2, 0.25) is 0 Å². The second kappa shape index (κ2) is 4.62. The Morgan fingerprint density at radius 1 is 1.06 bits per heavy atom. The molecule has 0 spiro atoms. The van der Waals surface area contributed by atoms with Gasteiger partial charge < -0.3 is 4.74 Å². The van der Waals surface area contributed by atoms with Gasteiger partial charge in [0.2, 0.25) is 4.77 Å². The molecule has 0 radical (unpaired) electrons. The zero-order valence-corrected chi connectivity index (χ0v) is 10.3. The van der Waals surface area contributed by atoms with Gasteiger partial charge in [0.1, 0.15) is 12.4 Å². The van der Waals surface area contributed by atoms with E-state index in [1.807, 2.05) is 30.3 Å². The first-order valence-corrected chi connectivity index (χ1v) is 5.97. The highest BCUT2D eigenvalue weighted by Gasteiger charge is 2.00. The molecule has 0 atom stereocenters. The van der Waals surface area contributed by atoms with Crippen LogP contribution >= 0.6 is 12.2 Å². The fraction of sp³-hybridized carbons (Fsp3) is 0.0769. The van der Waals surface area contributed by atoms with Gasteiger partial charge in [0.05, 0.1) is 0 Å². The summed E-state index contributed by atoms with van der Waals surface area (Å²) in [5.74, 6) is 1.50. The summed E-state index contributed by atoms with van der Waals surface area (Å²) in [5.41, 5.74) is 0. The third-order valence-corrected chi connectivity index (χ3v) is 2.84. The van der Waals surface area contributed by atoms with E-state index in [1.54, 1.807) is 0 Å². The minimum Gasteiger partial charge on any atom is -0.486 e. The van der Waals surface area contributed by atoms with Crippen LogP contribution in [0, 0.1) is 4.77 Å². The van der Waals surface area contributed by atoms with Crippen LogP contribution in [0.1, 0.15) is 5.82 Å². The average molecular weight is 257 g/mol. The molecule has 1 aromatic heterocycles. The van der Waals surface area contributed by atoms with Crippen LogP contribution in [-0.2, 0) is 6.61 Å². The molecule has 4 nitrogen and oxygen atoms in total. The Morgan fingerprint density at radius 2 is 1.89 bits per heavy atom. The predicted octanol–water partition coefficient (Wildman–Crippen LogP) is 3.20. The van der Waals surface area contributed by atoms with Gasteiger partial charge in [0.25, 0.3) is 0 Å². The monoisotopic (exact) mass is 257 g/mol. The lowest BCUT2D eigenvalue weighted by Crippen LogP contribution is -1.97. The van der Waals surface area contributed by atoms with Gasteiger partial charge in [-0.2, -0.15) is 0 Å². The van der Waals surface area contributed by atoms with Crippen molar-refractivity contribution in [3.05, 3.63) is 53.1 Å². The maximum Gasteiger partial charge on any atom is 0.213 e. The van der Waals surface area contributed by atoms with E-state index in [2.05, 4.69) is 27.3 Å². The van der Waals surface area contributed by atoms with Crippen molar-refractivity contribution in [2.75, 3.05) is 0 Å². The summed E-state index contributed by atoms with van der Waals surface area (Å²) in [6.07, 6.45) is 0. The summed E-state index contributed by atoms with van der Waals surface area (Å²) >= 11 is 4.87. The molecule has 5 heteroatoms. The molecule has 0 aliphatic carbocycles. The Hall–Kier alpha value is -2.14. The first-order valence-electron chi connectivity index (χ1n) is 5.56. The van der Waals surface area contributed by atoms with E-state index in [1.165, 1.54) is 5.39 Å². The molecule has 2 aromatic carbocycles. The van der Waals surface area contributed by atoms with Crippen LogP contribution in [0.5, 0.6) is 5.75 Å². The number of rotatable bonds is 3. The van der Waals surface area contributed by atoms with E-state index < -0.39 is 0 Å². The molecule has 18 heavy (non-hydrogen) atoms. The summed E-state index contributed by atoms with van der Waals surface area (Å²) in [6.45, 7) is 0.367. The zero-order chi connectivity index (χ0) is 12.4. The highest BCUT2D eigenvalue weighted by Crippen LogP contribution is 2.20. The number of fused-ring (bicyclic) bond motifs is 1. The van der Waals surface area contributed by atoms with E-state index >= 15 is 0 Å². The Morgan fingerprint density at radius 3 is 2.67 bits per heavy atom. The van der Waals surface area contributed by atoms with E-state index in [0.717, 1.165) is 11.1 Å². The molecule has 0 aliphatic heterocycles. The maximum absolute atomic E-state index is 5.65. The first-order chi connectivity index (χ1) is 8.81. The fourth-order valence-corrected chi connectivity index (χ4v) is 1.94. The van der Waals surface area contributed by atoms with Crippen molar-refractivity contribution < 1.29 is 4.74 Å². The standard InChI is InChI=1S/C13H11N3OS/c18-13-14-12(15-16-13)8-17-11-6-5-9-3-1-2-4-10(9)7-11/h1-7H,8H2,(H2,14,15,16,18). The van der Waals surface area contributed by atoms with Gasteiger partial charge in [-0.15, -0.1) is 0 Å². The van der Waals surface area contributed by atoms with Gasteiger partial charge in [-0.25, -0.2) is 4.98 Å². The molecule has 1 heterocycles. The van der Waals surface area contributed by atoms with Crippen LogP contribution in [-0.4, -0.2) is 15.2 Å². The Balaban J connectivity index is 1.80. The lowest BCUT2D eigenvalue weighted by atomic mass is 10.1. The number of hydrogen-bond donors (Lipinski definition) is 2. The largest absolute Gasteiger partial charge is 0.486 e. The van der Waals surface area contributed by atoms with Gasteiger partial charge in [0.15, 0.2) is 5.82 Å². The lowest BCUT2D eigenvalue weighted by molar-refractivity contribution is 0.297. The van der Waals surface area contributed by atoms with Gasteiger partial charge in [-0.05, 0) is 35.1 Å². The number of nitrogens with zero attached hydrogens (tertiary/aromatic N) is 1. The molecule has 0 amide bonds. The molecule has 0 aliphatic rings. The average Bonchev–Trinajstić information content (AvgIpc) is 2.82. The SMILES string of the molecule is S=c1nc(COc2ccc3ccccc3c2)[nH][nH]1. The summed E-state index contributed by atoms with van der Waals surface area (Å²) in [6, 6.07) is 14.2. The molecular weight excluding hydrogens is 246 g/mol. The zero-order valence-electron chi connectivity index (χ0n) is 9.51. The van der Waals surface area contributed by atoms with Crippen LogP contribution in [0.4, 0.5) is 0 Å². The van der Waals surface area contributed by atoms with Gasteiger partial charge in [0, 0.05) is 0 Å². The smallest absolute Gasteiger partial charge is 0.213 e. The van der Waals surface area contributed by atoms with Crippen molar-refractivity contribution in [1.82, 2.24) is 15.2 Å². The van der Waals surface area contributed by atoms with Crippen molar-refractivity contribution in [3.63, 3.8) is 0 Å². The molecule has 2 N–H and O–H groups in total. The maximum atomic E-state index is 5.65. The minimum atomic E-state index is 0.367. The number of nitrogens with one attached hydrogen (secondary N) is 2. The Labute approximate surface area is 109 Å².